The Morgan fingerprint density at radius 2 is 2.10 bits per heavy atom. The largest absolute Gasteiger partial charge is 0.488 e. The third-order valence-electron chi connectivity index (χ3n) is 3.59. The Morgan fingerprint density at radius 1 is 1.30 bits per heavy atom. The quantitative estimate of drug-likeness (QED) is 0.874. The highest BCUT2D eigenvalue weighted by Gasteiger charge is 2.24. The van der Waals surface area contributed by atoms with Crippen LogP contribution in [0.25, 0.3) is 0 Å². The van der Waals surface area contributed by atoms with Gasteiger partial charge in [-0.1, -0.05) is 34.1 Å². The molecule has 0 amide bonds. The minimum absolute atomic E-state index is 0.181. The van der Waals surface area contributed by atoms with E-state index < -0.39 is 0 Å². The lowest BCUT2D eigenvalue weighted by Gasteiger charge is -2.24. The van der Waals surface area contributed by atoms with Gasteiger partial charge in [0.15, 0.2) is 0 Å². The van der Waals surface area contributed by atoms with E-state index in [9.17, 15) is 0 Å². The van der Waals surface area contributed by atoms with E-state index in [0.717, 1.165) is 34.6 Å². The number of para-hydroxylation sites is 1. The van der Waals surface area contributed by atoms with E-state index in [2.05, 4.69) is 33.0 Å². The molecule has 1 heterocycles. The van der Waals surface area contributed by atoms with E-state index in [1.54, 1.807) is 0 Å². The Bertz CT molecular complexity index is 605. The number of benzene rings is 2. The predicted molar refractivity (Wildman–Crippen MR) is 86.4 cm³/mol. The Morgan fingerprint density at radius 3 is 2.85 bits per heavy atom. The molecule has 1 aliphatic heterocycles. The van der Waals surface area contributed by atoms with Crippen molar-refractivity contribution in [1.29, 1.82) is 0 Å². The van der Waals surface area contributed by atoms with Crippen molar-refractivity contribution in [2.45, 2.75) is 12.5 Å². The molecule has 0 saturated carbocycles. The summed E-state index contributed by atoms with van der Waals surface area (Å²) in [5.41, 5.74) is 9.17. The minimum Gasteiger partial charge on any atom is -0.488 e. The van der Waals surface area contributed by atoms with Crippen molar-refractivity contribution in [2.24, 2.45) is 0 Å². The Balaban J connectivity index is 1.70. The van der Waals surface area contributed by atoms with Crippen LogP contribution in [0.4, 0.5) is 11.4 Å². The predicted octanol–water partition coefficient (Wildman–Crippen LogP) is 3.47. The summed E-state index contributed by atoms with van der Waals surface area (Å²) in [5, 5.41) is 0. The second-order valence-electron chi connectivity index (χ2n) is 5.14. The maximum absolute atomic E-state index is 6.07. The summed E-state index contributed by atoms with van der Waals surface area (Å²) >= 11 is 3.43. The molecule has 20 heavy (non-hydrogen) atoms. The van der Waals surface area contributed by atoms with E-state index in [1.165, 1.54) is 5.56 Å². The van der Waals surface area contributed by atoms with Crippen LogP contribution in [0.1, 0.15) is 5.56 Å². The number of fused-ring (bicyclic) bond motifs is 1. The normalized spacial score (nSPS) is 16.6. The van der Waals surface area contributed by atoms with Crippen molar-refractivity contribution in [3.05, 3.63) is 52.5 Å². The molecule has 3 rings (SSSR count). The average molecular weight is 333 g/mol. The van der Waals surface area contributed by atoms with E-state index in [0.29, 0.717) is 0 Å². The highest BCUT2D eigenvalue weighted by Crippen LogP contribution is 2.30. The molecule has 4 heteroatoms. The van der Waals surface area contributed by atoms with Gasteiger partial charge in [-0.15, -0.1) is 0 Å². The van der Waals surface area contributed by atoms with Gasteiger partial charge in [0, 0.05) is 17.9 Å². The van der Waals surface area contributed by atoms with Gasteiger partial charge in [-0.2, -0.15) is 0 Å². The number of halogens is 1. The first-order valence-corrected chi connectivity index (χ1v) is 7.43. The van der Waals surface area contributed by atoms with E-state index in [4.69, 9.17) is 10.5 Å². The van der Waals surface area contributed by atoms with E-state index in [-0.39, 0.29) is 6.10 Å². The summed E-state index contributed by atoms with van der Waals surface area (Å²) in [4.78, 5) is 2.15. The van der Waals surface area contributed by atoms with Gasteiger partial charge in [-0.25, -0.2) is 0 Å². The number of nitrogens with two attached hydrogens (primary N) is 1. The van der Waals surface area contributed by atoms with Gasteiger partial charge in [-0.3, -0.25) is 0 Å². The molecule has 0 saturated heterocycles. The van der Waals surface area contributed by atoms with Crippen molar-refractivity contribution >= 4 is 27.3 Å². The molecule has 2 N–H and O–H groups in total. The van der Waals surface area contributed by atoms with Gasteiger partial charge in [0.2, 0.25) is 0 Å². The molecule has 1 unspecified atom stereocenters. The van der Waals surface area contributed by atoms with E-state index >= 15 is 0 Å². The Kier molecular flexibility index (Phi) is 3.57. The highest BCUT2D eigenvalue weighted by atomic mass is 79.9. The fourth-order valence-electron chi connectivity index (χ4n) is 2.63. The average Bonchev–Trinajstić information content (AvgIpc) is 2.80. The summed E-state index contributed by atoms with van der Waals surface area (Å²) in [5.74, 6) is 1.01. The standard InChI is InChI=1S/C16H17BrN2O/c1-19(15-7-6-12(17)9-14(15)18)10-13-8-11-4-2-3-5-16(11)20-13/h2-7,9,13H,8,10,18H2,1H3. The maximum atomic E-state index is 6.07. The molecular formula is C16H17BrN2O. The number of likely N-dealkylation sites (N-methyl/N-ethyl adjacent to an activating group) is 1. The molecule has 0 aromatic heterocycles. The number of hydrogen-bond donors (Lipinski definition) is 1. The molecule has 104 valence electrons. The molecule has 0 spiro atoms. The molecule has 0 bridgehead atoms. The summed E-state index contributed by atoms with van der Waals surface area (Å²) in [6.45, 7) is 0.820. The van der Waals surface area contributed by atoms with Crippen LogP contribution >= 0.6 is 15.9 Å². The number of nitrogens with zero attached hydrogens (tertiary/aromatic N) is 1. The van der Waals surface area contributed by atoms with Crippen LogP contribution in [0.15, 0.2) is 46.9 Å². The lowest BCUT2D eigenvalue weighted by atomic mass is 10.1. The van der Waals surface area contributed by atoms with Crippen LogP contribution in [-0.4, -0.2) is 19.7 Å². The second kappa shape index (κ2) is 5.37. The number of nitrogen functional groups attached to an aromatic ring is 1. The molecule has 2 aromatic carbocycles. The van der Waals surface area contributed by atoms with E-state index in [1.807, 2.05) is 37.4 Å². The minimum atomic E-state index is 0.181. The van der Waals surface area contributed by atoms with Crippen LogP contribution in [0.5, 0.6) is 5.75 Å². The summed E-state index contributed by atoms with van der Waals surface area (Å²) < 4.78 is 6.97. The highest BCUT2D eigenvalue weighted by molar-refractivity contribution is 9.10. The zero-order valence-corrected chi connectivity index (χ0v) is 12.9. The van der Waals surface area contributed by atoms with Crippen molar-refractivity contribution in [1.82, 2.24) is 0 Å². The molecule has 0 aliphatic carbocycles. The Hall–Kier alpha value is -1.68. The number of rotatable bonds is 3. The molecule has 2 aromatic rings. The van der Waals surface area contributed by atoms with Crippen LogP contribution in [0, 0.1) is 0 Å². The SMILES string of the molecule is CN(CC1Cc2ccccc2O1)c1ccc(Br)cc1N. The first-order chi connectivity index (χ1) is 9.63. The Labute approximate surface area is 127 Å². The van der Waals surface area contributed by atoms with Crippen molar-refractivity contribution < 1.29 is 4.74 Å². The van der Waals surface area contributed by atoms with Gasteiger partial charge in [0.05, 0.1) is 17.9 Å². The van der Waals surface area contributed by atoms with Crippen molar-refractivity contribution in [2.75, 3.05) is 24.2 Å². The zero-order chi connectivity index (χ0) is 14.1. The number of ether oxygens (including phenoxy) is 1. The molecule has 3 nitrogen and oxygen atoms in total. The summed E-state index contributed by atoms with van der Waals surface area (Å²) in [6.07, 6.45) is 1.14. The smallest absolute Gasteiger partial charge is 0.123 e. The van der Waals surface area contributed by atoms with Gasteiger partial charge in [-0.05, 0) is 29.8 Å². The second-order valence-corrected chi connectivity index (χ2v) is 6.05. The lowest BCUT2D eigenvalue weighted by molar-refractivity contribution is 0.239. The third-order valence-corrected chi connectivity index (χ3v) is 4.09. The van der Waals surface area contributed by atoms with Crippen LogP contribution < -0.4 is 15.4 Å². The van der Waals surface area contributed by atoms with Gasteiger partial charge in [0.25, 0.3) is 0 Å². The van der Waals surface area contributed by atoms with Crippen LogP contribution in [-0.2, 0) is 6.42 Å². The van der Waals surface area contributed by atoms with Crippen molar-refractivity contribution in [3.8, 4) is 5.75 Å². The van der Waals surface area contributed by atoms with Crippen LogP contribution in [0.3, 0.4) is 0 Å². The first kappa shape index (κ1) is 13.3. The number of anilines is 2. The van der Waals surface area contributed by atoms with Crippen molar-refractivity contribution in [3.63, 3.8) is 0 Å². The molecule has 1 aliphatic rings. The summed E-state index contributed by atoms with van der Waals surface area (Å²) in [6, 6.07) is 14.2. The zero-order valence-electron chi connectivity index (χ0n) is 11.3. The van der Waals surface area contributed by atoms with Gasteiger partial charge >= 0.3 is 0 Å². The fourth-order valence-corrected chi connectivity index (χ4v) is 3.01. The molecule has 1 atom stereocenters. The lowest BCUT2D eigenvalue weighted by Crippen LogP contribution is -2.32. The fraction of sp³-hybridized carbons (Fsp3) is 0.250. The molecule has 0 fully saturated rings. The van der Waals surface area contributed by atoms with Gasteiger partial charge in [0.1, 0.15) is 11.9 Å². The molecular weight excluding hydrogens is 316 g/mol. The third kappa shape index (κ3) is 2.61. The number of hydrogen-bond acceptors (Lipinski definition) is 3. The maximum Gasteiger partial charge on any atom is 0.123 e. The van der Waals surface area contributed by atoms with Crippen LogP contribution in [0.2, 0.25) is 0 Å². The van der Waals surface area contributed by atoms with Gasteiger partial charge < -0.3 is 15.4 Å². The molecule has 0 radical (unpaired) electrons. The summed E-state index contributed by atoms with van der Waals surface area (Å²) in [7, 11) is 2.05. The first-order valence-electron chi connectivity index (χ1n) is 6.64. The monoisotopic (exact) mass is 332 g/mol. The topological polar surface area (TPSA) is 38.5 Å².